The zero-order valence-corrected chi connectivity index (χ0v) is 9.14. The lowest BCUT2D eigenvalue weighted by atomic mass is 10.1. The van der Waals surface area contributed by atoms with Crippen LogP contribution in [0.2, 0.25) is 0 Å². The molecule has 0 aromatic heterocycles. The second kappa shape index (κ2) is 4.31. The van der Waals surface area contributed by atoms with Gasteiger partial charge in [-0.2, -0.15) is 0 Å². The van der Waals surface area contributed by atoms with Crippen LogP contribution in [0, 0.1) is 0 Å². The van der Waals surface area contributed by atoms with E-state index in [1.807, 2.05) is 30.3 Å². The normalized spacial score (nSPS) is 18.6. The minimum atomic E-state index is -0.156. The molecule has 1 aliphatic rings. The SMILES string of the molecule is CCN1C(=O)C/C(=C\c2ccccc2)C1=O. The van der Waals surface area contributed by atoms with Crippen molar-refractivity contribution in [2.75, 3.05) is 6.54 Å². The first-order valence-electron chi connectivity index (χ1n) is 5.32. The molecule has 0 bridgehead atoms. The lowest BCUT2D eigenvalue weighted by Gasteiger charge is -2.08. The summed E-state index contributed by atoms with van der Waals surface area (Å²) in [4.78, 5) is 24.6. The molecule has 0 atom stereocenters. The van der Waals surface area contributed by atoms with Crippen LogP contribution in [0.3, 0.4) is 0 Å². The van der Waals surface area contributed by atoms with Crippen LogP contribution in [0.4, 0.5) is 0 Å². The summed E-state index contributed by atoms with van der Waals surface area (Å²) in [6, 6.07) is 9.57. The zero-order valence-electron chi connectivity index (χ0n) is 9.14. The summed E-state index contributed by atoms with van der Waals surface area (Å²) >= 11 is 0. The van der Waals surface area contributed by atoms with E-state index in [-0.39, 0.29) is 18.2 Å². The summed E-state index contributed by atoms with van der Waals surface area (Å²) in [7, 11) is 0. The first-order valence-corrected chi connectivity index (χ1v) is 5.32. The third kappa shape index (κ3) is 1.89. The topological polar surface area (TPSA) is 37.4 Å². The molecule has 0 spiro atoms. The Kier molecular flexibility index (Phi) is 2.86. The number of amides is 2. The molecular weight excluding hydrogens is 202 g/mol. The van der Waals surface area contributed by atoms with Crippen LogP contribution in [0.5, 0.6) is 0 Å². The summed E-state index contributed by atoms with van der Waals surface area (Å²) in [5, 5.41) is 0. The smallest absolute Gasteiger partial charge is 0.256 e. The van der Waals surface area contributed by atoms with Crippen molar-refractivity contribution in [2.45, 2.75) is 13.3 Å². The number of nitrogens with zero attached hydrogens (tertiary/aromatic N) is 1. The molecule has 1 aliphatic heterocycles. The van der Waals surface area contributed by atoms with Gasteiger partial charge in [-0.1, -0.05) is 30.3 Å². The number of hydrogen-bond donors (Lipinski definition) is 0. The fourth-order valence-corrected chi connectivity index (χ4v) is 1.80. The summed E-state index contributed by atoms with van der Waals surface area (Å²) in [6.45, 7) is 2.26. The molecule has 0 saturated carbocycles. The molecular formula is C13H13NO2. The quantitative estimate of drug-likeness (QED) is 0.557. The van der Waals surface area contributed by atoms with Gasteiger partial charge >= 0.3 is 0 Å². The highest BCUT2D eigenvalue weighted by atomic mass is 16.2. The van der Waals surface area contributed by atoms with Crippen molar-refractivity contribution >= 4 is 17.9 Å². The van der Waals surface area contributed by atoms with E-state index in [2.05, 4.69) is 0 Å². The average Bonchev–Trinajstić information content (AvgIpc) is 2.55. The molecule has 0 radical (unpaired) electrons. The van der Waals surface area contributed by atoms with Crippen molar-refractivity contribution in [1.29, 1.82) is 0 Å². The van der Waals surface area contributed by atoms with Crippen molar-refractivity contribution < 1.29 is 9.59 Å². The molecule has 1 fully saturated rings. The van der Waals surface area contributed by atoms with Crippen LogP contribution in [-0.4, -0.2) is 23.3 Å². The van der Waals surface area contributed by atoms with E-state index >= 15 is 0 Å². The Morgan fingerprint density at radius 2 is 1.94 bits per heavy atom. The molecule has 0 unspecified atom stereocenters. The highest BCUT2D eigenvalue weighted by molar-refractivity contribution is 6.15. The van der Waals surface area contributed by atoms with Gasteiger partial charge in [0, 0.05) is 12.1 Å². The van der Waals surface area contributed by atoms with E-state index in [4.69, 9.17) is 0 Å². The minimum Gasteiger partial charge on any atom is -0.279 e. The molecule has 2 amide bonds. The number of likely N-dealkylation sites (N-methyl/N-ethyl adjacent to an activating group) is 1. The van der Waals surface area contributed by atoms with Gasteiger partial charge in [0.1, 0.15) is 0 Å². The monoisotopic (exact) mass is 215 g/mol. The molecule has 3 nitrogen and oxygen atoms in total. The van der Waals surface area contributed by atoms with Gasteiger partial charge in [-0.05, 0) is 18.6 Å². The molecule has 1 aromatic carbocycles. The molecule has 1 heterocycles. The zero-order chi connectivity index (χ0) is 11.5. The Labute approximate surface area is 94.4 Å². The number of imide groups is 1. The summed E-state index contributed by atoms with van der Waals surface area (Å²) in [5.41, 5.74) is 1.54. The lowest BCUT2D eigenvalue weighted by molar-refractivity contribution is -0.137. The third-order valence-electron chi connectivity index (χ3n) is 2.62. The van der Waals surface area contributed by atoms with Gasteiger partial charge < -0.3 is 0 Å². The van der Waals surface area contributed by atoms with Gasteiger partial charge in [-0.15, -0.1) is 0 Å². The van der Waals surface area contributed by atoms with E-state index in [0.717, 1.165) is 5.56 Å². The number of likely N-dealkylation sites (tertiary alicyclic amines) is 1. The Bertz CT molecular complexity index is 448. The van der Waals surface area contributed by atoms with Gasteiger partial charge in [0.2, 0.25) is 5.91 Å². The summed E-state index contributed by atoms with van der Waals surface area (Å²) in [5.74, 6) is -0.258. The number of hydrogen-bond acceptors (Lipinski definition) is 2. The van der Waals surface area contributed by atoms with Gasteiger partial charge in [0.05, 0.1) is 6.42 Å². The molecule has 0 aliphatic carbocycles. The fourth-order valence-electron chi connectivity index (χ4n) is 1.80. The summed E-state index contributed by atoms with van der Waals surface area (Å²) in [6.07, 6.45) is 2.01. The number of carbonyl (C=O) groups is 2. The van der Waals surface area contributed by atoms with Crippen LogP contribution in [0.1, 0.15) is 18.9 Å². The second-order valence-corrected chi connectivity index (χ2v) is 3.70. The minimum absolute atomic E-state index is 0.102. The van der Waals surface area contributed by atoms with Crippen LogP contribution in [-0.2, 0) is 9.59 Å². The molecule has 2 rings (SSSR count). The highest BCUT2D eigenvalue weighted by Gasteiger charge is 2.32. The van der Waals surface area contributed by atoms with Crippen LogP contribution < -0.4 is 0 Å². The Balaban J connectivity index is 2.27. The largest absolute Gasteiger partial charge is 0.279 e. The molecule has 1 saturated heterocycles. The predicted octanol–water partition coefficient (Wildman–Crippen LogP) is 1.85. The number of carbonyl (C=O) groups excluding carboxylic acids is 2. The van der Waals surface area contributed by atoms with Crippen LogP contribution in [0.25, 0.3) is 6.08 Å². The standard InChI is InChI=1S/C13H13NO2/c1-2-14-12(15)9-11(13(14)16)8-10-6-4-3-5-7-10/h3-8H,2,9H2,1H3/b11-8+. The van der Waals surface area contributed by atoms with E-state index < -0.39 is 0 Å². The van der Waals surface area contributed by atoms with E-state index in [1.165, 1.54) is 4.90 Å². The average molecular weight is 215 g/mol. The van der Waals surface area contributed by atoms with Crippen molar-refractivity contribution in [3.05, 3.63) is 41.5 Å². The second-order valence-electron chi connectivity index (χ2n) is 3.70. The first kappa shape index (κ1) is 10.6. The highest BCUT2D eigenvalue weighted by Crippen LogP contribution is 2.20. The van der Waals surface area contributed by atoms with Crippen molar-refractivity contribution in [2.24, 2.45) is 0 Å². The molecule has 16 heavy (non-hydrogen) atoms. The van der Waals surface area contributed by atoms with E-state index in [0.29, 0.717) is 12.1 Å². The molecule has 82 valence electrons. The summed E-state index contributed by atoms with van der Waals surface area (Å²) < 4.78 is 0. The van der Waals surface area contributed by atoms with Gasteiger partial charge in [0.25, 0.3) is 5.91 Å². The maximum atomic E-state index is 11.8. The Hall–Kier alpha value is -1.90. The number of rotatable bonds is 2. The maximum absolute atomic E-state index is 11.8. The molecule has 1 aromatic rings. The van der Waals surface area contributed by atoms with Gasteiger partial charge in [-0.25, -0.2) is 0 Å². The van der Waals surface area contributed by atoms with Gasteiger partial charge in [-0.3, -0.25) is 14.5 Å². The van der Waals surface area contributed by atoms with Crippen molar-refractivity contribution in [3.63, 3.8) is 0 Å². The van der Waals surface area contributed by atoms with Gasteiger partial charge in [0.15, 0.2) is 0 Å². The Morgan fingerprint density at radius 1 is 1.25 bits per heavy atom. The first-order chi connectivity index (χ1) is 7.72. The van der Waals surface area contributed by atoms with Crippen LogP contribution >= 0.6 is 0 Å². The van der Waals surface area contributed by atoms with Crippen LogP contribution in [0.15, 0.2) is 35.9 Å². The van der Waals surface area contributed by atoms with E-state index in [1.54, 1.807) is 13.0 Å². The van der Waals surface area contributed by atoms with Crippen molar-refractivity contribution in [3.8, 4) is 0 Å². The molecule has 0 N–H and O–H groups in total. The van der Waals surface area contributed by atoms with Crippen molar-refractivity contribution in [1.82, 2.24) is 4.90 Å². The fraction of sp³-hybridized carbons (Fsp3) is 0.231. The van der Waals surface area contributed by atoms with E-state index in [9.17, 15) is 9.59 Å². The predicted molar refractivity (Wildman–Crippen MR) is 61.4 cm³/mol. The Morgan fingerprint density at radius 3 is 2.50 bits per heavy atom. The maximum Gasteiger partial charge on any atom is 0.256 e. The molecule has 3 heteroatoms. The lowest BCUT2D eigenvalue weighted by Crippen LogP contribution is -2.28. The third-order valence-corrected chi connectivity index (χ3v) is 2.62. The number of benzene rings is 1.